The van der Waals surface area contributed by atoms with Crippen LogP contribution in [0.4, 0.5) is 5.69 Å². The van der Waals surface area contributed by atoms with E-state index in [4.69, 9.17) is 16.3 Å². The van der Waals surface area contributed by atoms with Crippen LogP contribution >= 0.6 is 22.9 Å². The molecule has 2 aromatic rings. The van der Waals surface area contributed by atoms with E-state index >= 15 is 0 Å². The highest BCUT2D eigenvalue weighted by atomic mass is 35.5. The van der Waals surface area contributed by atoms with Gasteiger partial charge in [0.05, 0.1) is 24.2 Å². The summed E-state index contributed by atoms with van der Waals surface area (Å²) in [6.45, 7) is 4.69. The van der Waals surface area contributed by atoms with Gasteiger partial charge in [-0.2, -0.15) is 0 Å². The maximum absolute atomic E-state index is 12.5. The molecule has 0 fully saturated rings. The molecule has 0 aliphatic carbocycles. The summed E-state index contributed by atoms with van der Waals surface area (Å²) >= 11 is 7.47. The summed E-state index contributed by atoms with van der Waals surface area (Å²) in [5.74, 6) is 0.696. The Morgan fingerprint density at radius 2 is 1.87 bits per heavy atom. The van der Waals surface area contributed by atoms with Crippen molar-refractivity contribution in [2.45, 2.75) is 33.2 Å². The first-order valence-corrected chi connectivity index (χ1v) is 9.15. The lowest BCUT2D eigenvalue weighted by Crippen LogP contribution is -2.33. The lowest BCUT2D eigenvalue weighted by Gasteiger charge is -2.27. The highest BCUT2D eigenvalue weighted by Crippen LogP contribution is 2.32. The number of carbonyl (C=O) groups excluding carboxylic acids is 1. The van der Waals surface area contributed by atoms with Crippen LogP contribution in [0, 0.1) is 0 Å². The Morgan fingerprint density at radius 1 is 1.22 bits per heavy atom. The minimum absolute atomic E-state index is 0.0328. The van der Waals surface area contributed by atoms with Crippen molar-refractivity contribution in [3.63, 3.8) is 0 Å². The summed E-state index contributed by atoms with van der Waals surface area (Å²) < 4.78 is 5.39. The molecule has 0 atom stereocenters. The van der Waals surface area contributed by atoms with Gasteiger partial charge in [-0.15, -0.1) is 22.9 Å². The number of amides is 1. The molecule has 1 amide bonds. The second-order valence-corrected chi connectivity index (χ2v) is 6.43. The molecule has 5 heteroatoms. The van der Waals surface area contributed by atoms with Gasteiger partial charge in [0.2, 0.25) is 5.91 Å². The molecule has 1 heterocycles. The highest BCUT2D eigenvalue weighted by molar-refractivity contribution is 7.10. The Morgan fingerprint density at radius 3 is 2.39 bits per heavy atom. The number of methoxy groups -OCH3 is 1. The highest BCUT2D eigenvalue weighted by Gasteiger charge is 2.22. The molecule has 1 aromatic heterocycles. The van der Waals surface area contributed by atoms with Crippen LogP contribution in [-0.2, 0) is 24.2 Å². The van der Waals surface area contributed by atoms with Crippen molar-refractivity contribution < 1.29 is 9.53 Å². The average Bonchev–Trinajstić information content (AvgIpc) is 3.05. The number of rotatable bonds is 7. The summed E-state index contributed by atoms with van der Waals surface area (Å²) in [5.41, 5.74) is 3.33. The Balaban J connectivity index is 2.50. The molecule has 0 saturated heterocycles. The Labute approximate surface area is 146 Å². The number of hydrogen-bond acceptors (Lipinski definition) is 3. The van der Waals surface area contributed by atoms with E-state index in [1.54, 1.807) is 23.3 Å². The fourth-order valence-corrected chi connectivity index (χ4v) is 3.67. The van der Waals surface area contributed by atoms with Crippen molar-refractivity contribution in [1.29, 1.82) is 0 Å². The SMILES string of the molecule is CCc1cccc(CC)c1N(Cc1sccc1OC)C(=O)CCl. The molecule has 2 rings (SSSR count). The largest absolute Gasteiger partial charge is 0.496 e. The topological polar surface area (TPSA) is 29.5 Å². The van der Waals surface area contributed by atoms with Gasteiger partial charge in [0.15, 0.2) is 0 Å². The van der Waals surface area contributed by atoms with Gasteiger partial charge < -0.3 is 9.64 Å². The molecule has 3 nitrogen and oxygen atoms in total. The van der Waals surface area contributed by atoms with E-state index in [2.05, 4.69) is 32.0 Å². The minimum atomic E-state index is -0.0854. The summed E-state index contributed by atoms with van der Waals surface area (Å²) in [4.78, 5) is 15.4. The summed E-state index contributed by atoms with van der Waals surface area (Å²) in [7, 11) is 1.65. The van der Waals surface area contributed by atoms with Crippen LogP contribution in [0.25, 0.3) is 0 Å². The van der Waals surface area contributed by atoms with E-state index in [1.165, 1.54) is 11.1 Å². The van der Waals surface area contributed by atoms with Gasteiger partial charge in [-0.25, -0.2) is 0 Å². The third kappa shape index (κ3) is 3.88. The first-order chi connectivity index (χ1) is 11.2. The molecule has 0 N–H and O–H groups in total. The van der Waals surface area contributed by atoms with Gasteiger partial charge in [0, 0.05) is 0 Å². The smallest absolute Gasteiger partial charge is 0.242 e. The number of aryl methyl sites for hydroxylation is 2. The average molecular weight is 352 g/mol. The number of ether oxygens (including phenoxy) is 1. The lowest BCUT2D eigenvalue weighted by atomic mass is 10.0. The summed E-state index contributed by atoms with van der Waals surface area (Å²) in [5, 5.41) is 1.98. The molecular formula is C18H22ClNO2S. The fraction of sp³-hybridized carbons (Fsp3) is 0.389. The van der Waals surface area contributed by atoms with Crippen LogP contribution in [0.3, 0.4) is 0 Å². The van der Waals surface area contributed by atoms with Crippen molar-refractivity contribution >= 4 is 34.5 Å². The van der Waals surface area contributed by atoms with Crippen LogP contribution in [0.5, 0.6) is 5.75 Å². The van der Waals surface area contributed by atoms with Crippen LogP contribution < -0.4 is 9.64 Å². The number of carbonyl (C=O) groups is 1. The zero-order chi connectivity index (χ0) is 16.8. The molecule has 23 heavy (non-hydrogen) atoms. The van der Waals surface area contributed by atoms with Crippen LogP contribution in [0.2, 0.25) is 0 Å². The Hall–Kier alpha value is -1.52. The van der Waals surface area contributed by atoms with Crippen molar-refractivity contribution in [3.05, 3.63) is 45.6 Å². The van der Waals surface area contributed by atoms with Crippen LogP contribution in [0.1, 0.15) is 29.9 Å². The monoisotopic (exact) mass is 351 g/mol. The second kappa shape index (κ2) is 8.37. The number of thiophene rings is 1. The number of nitrogens with zero attached hydrogens (tertiary/aromatic N) is 1. The molecular weight excluding hydrogens is 330 g/mol. The normalized spacial score (nSPS) is 10.6. The number of halogens is 1. The van der Waals surface area contributed by atoms with E-state index in [0.29, 0.717) is 6.54 Å². The summed E-state index contributed by atoms with van der Waals surface area (Å²) in [6, 6.07) is 8.13. The summed E-state index contributed by atoms with van der Waals surface area (Å²) in [6.07, 6.45) is 1.74. The number of anilines is 1. The standard InChI is InChI=1S/C18H22ClNO2S/c1-4-13-7-6-8-14(5-2)18(13)20(17(21)11-19)12-16-15(22-3)9-10-23-16/h6-10H,4-5,11-12H2,1-3H3. The predicted octanol–water partition coefficient (Wildman–Crippen LogP) is 4.65. The first kappa shape index (κ1) is 17.8. The zero-order valence-electron chi connectivity index (χ0n) is 13.8. The van der Waals surface area contributed by atoms with E-state index in [9.17, 15) is 4.79 Å². The second-order valence-electron chi connectivity index (χ2n) is 5.16. The van der Waals surface area contributed by atoms with Gasteiger partial charge in [-0.1, -0.05) is 32.0 Å². The van der Waals surface area contributed by atoms with Gasteiger partial charge in [-0.05, 0) is 35.4 Å². The Kier molecular flexibility index (Phi) is 6.48. The molecule has 124 valence electrons. The molecule has 0 aliphatic rings. The molecule has 0 unspecified atom stereocenters. The lowest BCUT2D eigenvalue weighted by molar-refractivity contribution is -0.116. The molecule has 0 bridgehead atoms. The Bertz CT molecular complexity index is 647. The molecule has 1 aromatic carbocycles. The quantitative estimate of drug-likeness (QED) is 0.679. The molecule has 0 radical (unpaired) electrons. The molecule has 0 spiro atoms. The van der Waals surface area contributed by atoms with Crippen molar-refractivity contribution in [2.24, 2.45) is 0 Å². The number of para-hydroxylation sites is 1. The number of alkyl halides is 1. The predicted molar refractivity (Wildman–Crippen MR) is 98.0 cm³/mol. The number of hydrogen-bond donors (Lipinski definition) is 0. The van der Waals surface area contributed by atoms with Gasteiger partial charge in [0.25, 0.3) is 0 Å². The minimum Gasteiger partial charge on any atom is -0.496 e. The van der Waals surface area contributed by atoms with Crippen molar-refractivity contribution in [3.8, 4) is 5.75 Å². The fourth-order valence-electron chi connectivity index (χ4n) is 2.70. The third-order valence-electron chi connectivity index (χ3n) is 3.88. The van der Waals surface area contributed by atoms with Crippen molar-refractivity contribution in [2.75, 3.05) is 17.9 Å². The van der Waals surface area contributed by atoms with E-state index in [0.717, 1.165) is 29.2 Å². The van der Waals surface area contributed by atoms with Gasteiger partial charge >= 0.3 is 0 Å². The zero-order valence-corrected chi connectivity index (χ0v) is 15.3. The third-order valence-corrected chi connectivity index (χ3v) is 4.99. The van der Waals surface area contributed by atoms with E-state index in [1.807, 2.05) is 11.4 Å². The van der Waals surface area contributed by atoms with E-state index in [-0.39, 0.29) is 11.8 Å². The van der Waals surface area contributed by atoms with Crippen LogP contribution in [-0.4, -0.2) is 18.9 Å². The maximum Gasteiger partial charge on any atom is 0.242 e. The van der Waals surface area contributed by atoms with E-state index < -0.39 is 0 Å². The number of benzene rings is 1. The van der Waals surface area contributed by atoms with Crippen LogP contribution in [0.15, 0.2) is 29.6 Å². The first-order valence-electron chi connectivity index (χ1n) is 7.73. The maximum atomic E-state index is 12.5. The molecule has 0 aliphatic heterocycles. The molecule has 0 saturated carbocycles. The van der Waals surface area contributed by atoms with Gasteiger partial charge in [-0.3, -0.25) is 4.79 Å². The van der Waals surface area contributed by atoms with Gasteiger partial charge in [0.1, 0.15) is 11.6 Å². The van der Waals surface area contributed by atoms with Crippen molar-refractivity contribution in [1.82, 2.24) is 0 Å².